The van der Waals surface area contributed by atoms with Crippen molar-refractivity contribution >= 4 is 15.9 Å². The van der Waals surface area contributed by atoms with Gasteiger partial charge < -0.3 is 5.11 Å². The normalized spacial score (nSPS) is 17.1. The Labute approximate surface area is 117 Å². The molecule has 20 heavy (non-hydrogen) atoms. The van der Waals surface area contributed by atoms with Crippen LogP contribution in [-0.2, 0) is 0 Å². The second kappa shape index (κ2) is 5.88. The highest BCUT2D eigenvalue weighted by molar-refractivity contribution is 9.10. The van der Waals surface area contributed by atoms with Crippen molar-refractivity contribution in [3.05, 3.63) is 34.1 Å². The maximum absolute atomic E-state index is 13.4. The van der Waals surface area contributed by atoms with Gasteiger partial charge in [-0.3, -0.25) is 0 Å². The van der Waals surface area contributed by atoms with Gasteiger partial charge in [-0.05, 0) is 23.8 Å². The van der Waals surface area contributed by atoms with E-state index in [0.717, 1.165) is 12.1 Å². The lowest BCUT2D eigenvalue weighted by atomic mass is 9.94. The Balaban J connectivity index is 3.06. The number of halogens is 8. The fourth-order valence-electron chi connectivity index (χ4n) is 1.50. The Hall–Kier alpha value is -0.830. The van der Waals surface area contributed by atoms with Crippen LogP contribution in [0.1, 0.15) is 18.1 Å². The molecule has 0 bridgehead atoms. The molecule has 1 aromatic carbocycles. The molecule has 0 spiro atoms. The zero-order valence-electron chi connectivity index (χ0n) is 9.56. The number of hydrogen-bond donors (Lipinski definition) is 1. The Bertz CT molecular complexity index is 456. The fraction of sp³-hybridized carbons (Fsp3) is 0.455. The predicted molar refractivity (Wildman–Crippen MR) is 59.6 cm³/mol. The molecule has 2 unspecified atom stereocenters. The van der Waals surface area contributed by atoms with E-state index < -0.39 is 42.2 Å². The molecule has 1 nitrogen and oxygen atoms in total. The predicted octanol–water partition coefficient (Wildman–Crippen LogP) is 4.55. The molecular formula is C11H8BrF7O. The van der Waals surface area contributed by atoms with Gasteiger partial charge in [-0.15, -0.1) is 0 Å². The van der Waals surface area contributed by atoms with E-state index in [2.05, 4.69) is 15.9 Å². The van der Waals surface area contributed by atoms with Crippen LogP contribution in [0.15, 0.2) is 22.7 Å². The highest BCUT2D eigenvalue weighted by Crippen LogP contribution is 2.44. The van der Waals surface area contributed by atoms with Crippen LogP contribution in [0.3, 0.4) is 0 Å². The van der Waals surface area contributed by atoms with Gasteiger partial charge >= 0.3 is 6.18 Å². The first kappa shape index (κ1) is 17.2. The van der Waals surface area contributed by atoms with Gasteiger partial charge in [0.25, 0.3) is 12.1 Å². The summed E-state index contributed by atoms with van der Waals surface area (Å²) in [6.07, 6.45) is -14.4. The zero-order chi connectivity index (χ0) is 15.7. The molecule has 0 amide bonds. The maximum atomic E-state index is 13.4. The van der Waals surface area contributed by atoms with Crippen LogP contribution in [0.5, 0.6) is 0 Å². The van der Waals surface area contributed by atoms with E-state index in [-0.39, 0.29) is 4.47 Å². The van der Waals surface area contributed by atoms with Crippen molar-refractivity contribution in [2.24, 2.45) is 0 Å². The van der Waals surface area contributed by atoms with Gasteiger partial charge in [-0.1, -0.05) is 15.9 Å². The Morgan fingerprint density at radius 2 is 1.65 bits per heavy atom. The first-order valence-electron chi connectivity index (χ1n) is 5.15. The largest absolute Gasteiger partial charge is 0.428 e. The molecule has 0 aliphatic rings. The average Bonchev–Trinajstić information content (AvgIpc) is 2.25. The Morgan fingerprint density at radius 1 is 1.10 bits per heavy atom. The first-order chi connectivity index (χ1) is 8.97. The number of alkyl halides is 6. The molecule has 9 heteroatoms. The lowest BCUT2D eigenvalue weighted by Gasteiger charge is -2.29. The molecule has 0 saturated carbocycles. The highest BCUT2D eigenvalue weighted by atomic mass is 79.9. The number of aliphatic hydroxyl groups is 1. The molecule has 1 rings (SSSR count). The third-order valence-electron chi connectivity index (χ3n) is 2.58. The smallest absolute Gasteiger partial charge is 0.388 e. The van der Waals surface area contributed by atoms with Crippen molar-refractivity contribution in [2.75, 3.05) is 0 Å². The molecule has 0 saturated heterocycles. The number of benzene rings is 1. The molecule has 0 radical (unpaired) electrons. The van der Waals surface area contributed by atoms with Crippen LogP contribution in [0.2, 0.25) is 0 Å². The number of hydrogen-bond acceptors (Lipinski definition) is 1. The van der Waals surface area contributed by atoms with Gasteiger partial charge in [0.2, 0.25) is 0 Å². The van der Waals surface area contributed by atoms with Crippen molar-refractivity contribution in [3.8, 4) is 0 Å². The van der Waals surface area contributed by atoms with Gasteiger partial charge in [0.1, 0.15) is 5.82 Å². The third-order valence-corrected chi connectivity index (χ3v) is 3.04. The summed E-state index contributed by atoms with van der Waals surface area (Å²) in [6, 6.07) is 2.59. The minimum Gasteiger partial charge on any atom is -0.388 e. The van der Waals surface area contributed by atoms with Gasteiger partial charge in [0.15, 0.2) is 0 Å². The first-order valence-corrected chi connectivity index (χ1v) is 5.94. The van der Waals surface area contributed by atoms with Crippen molar-refractivity contribution < 1.29 is 35.8 Å². The summed E-state index contributed by atoms with van der Waals surface area (Å²) in [5, 5.41) is 9.46. The van der Waals surface area contributed by atoms with Gasteiger partial charge in [-0.2, -0.15) is 13.2 Å². The second-order valence-electron chi connectivity index (χ2n) is 4.08. The number of rotatable bonds is 4. The quantitative estimate of drug-likeness (QED) is 0.773. The monoisotopic (exact) mass is 368 g/mol. The van der Waals surface area contributed by atoms with Crippen LogP contribution < -0.4 is 0 Å². The Kier molecular flexibility index (Phi) is 5.07. The van der Waals surface area contributed by atoms with Crippen LogP contribution in [0.4, 0.5) is 30.7 Å². The fourth-order valence-corrected chi connectivity index (χ4v) is 1.98. The van der Waals surface area contributed by atoms with Crippen molar-refractivity contribution in [1.82, 2.24) is 0 Å². The van der Waals surface area contributed by atoms with E-state index in [4.69, 9.17) is 0 Å². The summed E-state index contributed by atoms with van der Waals surface area (Å²) in [7, 11) is 0. The van der Waals surface area contributed by atoms with E-state index in [1.165, 1.54) is 0 Å². The molecule has 0 fully saturated rings. The van der Waals surface area contributed by atoms with E-state index in [9.17, 15) is 35.8 Å². The van der Waals surface area contributed by atoms with Crippen LogP contribution in [-0.4, -0.2) is 23.4 Å². The number of aliphatic hydroxyl groups excluding tert-OH is 1. The van der Waals surface area contributed by atoms with E-state index >= 15 is 0 Å². The second-order valence-corrected chi connectivity index (χ2v) is 5.00. The van der Waals surface area contributed by atoms with Gasteiger partial charge in [0.05, 0.1) is 6.10 Å². The molecule has 0 aliphatic heterocycles. The minimum absolute atomic E-state index is 0.0695. The van der Waals surface area contributed by atoms with E-state index in [1.807, 2.05) is 0 Å². The lowest BCUT2D eigenvalue weighted by Crippen LogP contribution is -2.48. The SMILES string of the molecule is OC(CC(F)(C(F)F)C(F)(F)F)c1cc(F)cc(Br)c1. The lowest BCUT2D eigenvalue weighted by molar-refractivity contribution is -0.276. The van der Waals surface area contributed by atoms with Gasteiger partial charge in [0, 0.05) is 10.9 Å². The minimum atomic E-state index is -5.85. The summed E-state index contributed by atoms with van der Waals surface area (Å²) < 4.78 is 88.2. The molecule has 2 atom stereocenters. The van der Waals surface area contributed by atoms with Crippen LogP contribution in [0, 0.1) is 5.82 Å². The standard InChI is InChI=1S/C11H8BrF7O/c12-6-1-5(2-7(13)3-6)8(20)4-10(16,9(14)15)11(17,18)19/h1-3,8-9,20H,4H2. The summed E-state index contributed by atoms with van der Waals surface area (Å²) in [5.74, 6) is -0.915. The van der Waals surface area contributed by atoms with Crippen molar-refractivity contribution in [3.63, 3.8) is 0 Å². The summed E-state index contributed by atoms with van der Waals surface area (Å²) in [5.41, 5.74) is -5.31. The molecule has 1 aromatic rings. The third kappa shape index (κ3) is 3.63. The summed E-state index contributed by atoms with van der Waals surface area (Å²) in [6.45, 7) is 0. The maximum Gasteiger partial charge on any atom is 0.428 e. The highest BCUT2D eigenvalue weighted by Gasteiger charge is 2.63. The van der Waals surface area contributed by atoms with Crippen molar-refractivity contribution in [2.45, 2.75) is 30.8 Å². The van der Waals surface area contributed by atoms with E-state index in [1.54, 1.807) is 0 Å². The van der Waals surface area contributed by atoms with Crippen LogP contribution in [0.25, 0.3) is 0 Å². The van der Waals surface area contributed by atoms with Gasteiger partial charge in [-0.25, -0.2) is 17.6 Å². The molecular weight excluding hydrogens is 361 g/mol. The topological polar surface area (TPSA) is 20.2 Å². The Morgan fingerprint density at radius 3 is 2.05 bits per heavy atom. The zero-order valence-corrected chi connectivity index (χ0v) is 11.2. The van der Waals surface area contributed by atoms with E-state index in [0.29, 0.717) is 6.07 Å². The molecule has 0 heterocycles. The van der Waals surface area contributed by atoms with Crippen LogP contribution >= 0.6 is 15.9 Å². The summed E-state index contributed by atoms with van der Waals surface area (Å²) in [4.78, 5) is 0. The van der Waals surface area contributed by atoms with Crippen molar-refractivity contribution in [1.29, 1.82) is 0 Å². The molecule has 1 N–H and O–H groups in total. The molecule has 0 aliphatic carbocycles. The average molecular weight is 369 g/mol. The molecule has 0 aromatic heterocycles. The molecule has 114 valence electrons. The summed E-state index contributed by atoms with van der Waals surface area (Å²) >= 11 is 2.81.